The lowest BCUT2D eigenvalue weighted by Crippen LogP contribution is -2.37. The van der Waals surface area contributed by atoms with Crippen molar-refractivity contribution >= 4 is 68.9 Å². The van der Waals surface area contributed by atoms with Crippen molar-refractivity contribution < 1.29 is 4.74 Å². The third-order valence-electron chi connectivity index (χ3n) is 4.65. The fraction of sp³-hybridized carbons (Fsp3) is 0.238. The lowest BCUT2D eigenvalue weighted by Gasteiger charge is -2.27. The molecule has 4 rings (SSSR count). The first-order chi connectivity index (χ1) is 15.5. The molecule has 2 heterocycles. The summed E-state index contributed by atoms with van der Waals surface area (Å²) in [7, 11) is 0. The van der Waals surface area contributed by atoms with Gasteiger partial charge in [0.15, 0.2) is 0 Å². The zero-order valence-electron chi connectivity index (χ0n) is 17.1. The number of hydrogen-bond donors (Lipinski definition) is 2. The van der Waals surface area contributed by atoms with Crippen molar-refractivity contribution in [3.05, 3.63) is 62.0 Å². The van der Waals surface area contributed by atoms with Crippen molar-refractivity contribution in [2.75, 3.05) is 41.9 Å². The van der Waals surface area contributed by atoms with Crippen molar-refractivity contribution in [3.63, 3.8) is 0 Å². The van der Waals surface area contributed by atoms with Gasteiger partial charge in [-0.15, -0.1) is 0 Å². The van der Waals surface area contributed by atoms with E-state index >= 15 is 0 Å². The summed E-state index contributed by atoms with van der Waals surface area (Å²) in [6.45, 7) is 4.64. The Balaban J connectivity index is 1.61. The predicted molar refractivity (Wildman–Crippen MR) is 133 cm³/mol. The molecule has 0 atom stereocenters. The Labute approximate surface area is 204 Å². The molecule has 0 unspecified atom stereocenters. The highest BCUT2D eigenvalue weighted by Gasteiger charge is 2.17. The van der Waals surface area contributed by atoms with Crippen molar-refractivity contribution in [2.45, 2.75) is 6.92 Å². The van der Waals surface area contributed by atoms with E-state index in [9.17, 15) is 0 Å². The number of benzene rings is 2. The van der Waals surface area contributed by atoms with E-state index in [1.165, 1.54) is 6.21 Å². The molecule has 0 radical (unpaired) electrons. The second-order valence-corrected chi connectivity index (χ2v) is 8.66. The standard InChI is InChI=1S/C21H20BrCl2N7O/c1-13-5-6-18(15(22)11-13)26-19-27-20(29-21(28-19)31-7-9-32-10-8-31)30-25-12-14-16(23)3-2-4-17(14)24/h2-6,11-12H,7-10H2,1H3,(H2,26,27,28,29,30)/b25-12+. The van der Waals surface area contributed by atoms with E-state index in [2.05, 4.69) is 46.7 Å². The van der Waals surface area contributed by atoms with E-state index in [1.54, 1.807) is 18.2 Å². The number of nitrogens with zero attached hydrogens (tertiary/aromatic N) is 5. The highest BCUT2D eigenvalue weighted by Crippen LogP contribution is 2.27. The van der Waals surface area contributed by atoms with E-state index in [1.807, 2.05) is 30.0 Å². The highest BCUT2D eigenvalue weighted by molar-refractivity contribution is 9.10. The molecule has 0 aliphatic carbocycles. The van der Waals surface area contributed by atoms with Crippen molar-refractivity contribution in [1.82, 2.24) is 15.0 Å². The van der Waals surface area contributed by atoms with Gasteiger partial charge in [0.25, 0.3) is 0 Å². The molecule has 0 amide bonds. The Bertz CT molecular complexity index is 1120. The van der Waals surface area contributed by atoms with Gasteiger partial charge in [-0.05, 0) is 52.7 Å². The minimum absolute atomic E-state index is 0.284. The van der Waals surface area contributed by atoms with Crippen LogP contribution in [0.2, 0.25) is 10.0 Å². The topological polar surface area (TPSA) is 87.6 Å². The monoisotopic (exact) mass is 535 g/mol. The number of morpholine rings is 1. The average molecular weight is 537 g/mol. The van der Waals surface area contributed by atoms with Gasteiger partial charge in [-0.1, -0.05) is 35.3 Å². The van der Waals surface area contributed by atoms with Gasteiger partial charge in [0.2, 0.25) is 17.8 Å². The number of hydrogen-bond acceptors (Lipinski definition) is 8. The Morgan fingerprint density at radius 1 is 1.06 bits per heavy atom. The molecule has 11 heteroatoms. The van der Waals surface area contributed by atoms with Gasteiger partial charge in [0.1, 0.15) is 0 Å². The maximum atomic E-state index is 6.20. The van der Waals surface area contributed by atoms with Crippen LogP contribution >= 0.6 is 39.1 Å². The minimum atomic E-state index is 0.284. The average Bonchev–Trinajstić information content (AvgIpc) is 2.78. The molecule has 3 aromatic rings. The van der Waals surface area contributed by atoms with Gasteiger partial charge in [-0.25, -0.2) is 5.43 Å². The molecule has 1 aliphatic heterocycles. The van der Waals surface area contributed by atoms with Crippen LogP contribution in [0.1, 0.15) is 11.1 Å². The number of aryl methyl sites for hydroxylation is 1. The quantitative estimate of drug-likeness (QED) is 0.327. The van der Waals surface area contributed by atoms with E-state index < -0.39 is 0 Å². The molecule has 166 valence electrons. The second kappa shape index (κ2) is 10.4. The highest BCUT2D eigenvalue weighted by atomic mass is 79.9. The number of halogens is 3. The molecule has 0 saturated carbocycles. The van der Waals surface area contributed by atoms with Gasteiger partial charge >= 0.3 is 0 Å². The number of anilines is 4. The molecule has 1 fully saturated rings. The number of aromatic nitrogens is 3. The van der Waals surface area contributed by atoms with Gasteiger partial charge in [-0.3, -0.25) is 0 Å². The Morgan fingerprint density at radius 2 is 1.78 bits per heavy atom. The lowest BCUT2D eigenvalue weighted by atomic mass is 10.2. The van der Waals surface area contributed by atoms with E-state index in [4.69, 9.17) is 27.9 Å². The van der Waals surface area contributed by atoms with Crippen LogP contribution in [0, 0.1) is 6.92 Å². The fourth-order valence-electron chi connectivity index (χ4n) is 3.01. The molecule has 1 saturated heterocycles. The summed E-state index contributed by atoms with van der Waals surface area (Å²) in [4.78, 5) is 15.6. The summed E-state index contributed by atoms with van der Waals surface area (Å²) in [6, 6.07) is 11.3. The van der Waals surface area contributed by atoms with Crippen molar-refractivity contribution in [1.29, 1.82) is 0 Å². The van der Waals surface area contributed by atoms with Gasteiger partial charge < -0.3 is 15.0 Å². The van der Waals surface area contributed by atoms with Crippen LogP contribution < -0.4 is 15.6 Å². The smallest absolute Gasteiger partial charge is 0.250 e. The summed E-state index contributed by atoms with van der Waals surface area (Å²) in [5.41, 5.74) is 5.44. The first-order valence-corrected chi connectivity index (χ1v) is 11.4. The second-order valence-electron chi connectivity index (χ2n) is 7.00. The summed E-state index contributed by atoms with van der Waals surface area (Å²) >= 11 is 16.0. The first-order valence-electron chi connectivity index (χ1n) is 9.84. The fourth-order valence-corrected chi connectivity index (χ4v) is 4.09. The van der Waals surface area contributed by atoms with Crippen LogP contribution in [-0.4, -0.2) is 47.5 Å². The Hall–Kier alpha value is -2.46. The number of nitrogens with one attached hydrogen (secondary N) is 2. The summed E-state index contributed by atoms with van der Waals surface area (Å²) in [6.07, 6.45) is 1.53. The third-order valence-corrected chi connectivity index (χ3v) is 5.96. The zero-order chi connectivity index (χ0) is 22.5. The molecular weight excluding hydrogens is 517 g/mol. The predicted octanol–water partition coefficient (Wildman–Crippen LogP) is 5.28. The van der Waals surface area contributed by atoms with Crippen LogP contribution in [0.25, 0.3) is 0 Å². The maximum absolute atomic E-state index is 6.20. The Kier molecular flexibility index (Phi) is 7.41. The van der Waals surface area contributed by atoms with E-state index in [0.29, 0.717) is 53.8 Å². The largest absolute Gasteiger partial charge is 0.378 e. The van der Waals surface area contributed by atoms with Crippen molar-refractivity contribution in [3.8, 4) is 0 Å². The molecule has 8 nitrogen and oxygen atoms in total. The minimum Gasteiger partial charge on any atom is -0.378 e. The normalized spacial score (nSPS) is 14.1. The van der Waals surface area contributed by atoms with Crippen LogP contribution in [0.4, 0.5) is 23.5 Å². The van der Waals surface area contributed by atoms with Gasteiger partial charge in [-0.2, -0.15) is 20.1 Å². The van der Waals surface area contributed by atoms with Crippen LogP contribution in [0.5, 0.6) is 0 Å². The van der Waals surface area contributed by atoms with Gasteiger partial charge in [0, 0.05) is 23.1 Å². The molecule has 1 aromatic heterocycles. The summed E-state index contributed by atoms with van der Waals surface area (Å²) < 4.78 is 6.35. The molecule has 0 bridgehead atoms. The van der Waals surface area contributed by atoms with Crippen LogP contribution in [0.3, 0.4) is 0 Å². The summed E-state index contributed by atoms with van der Waals surface area (Å²) in [5, 5.41) is 8.46. The summed E-state index contributed by atoms with van der Waals surface area (Å²) in [5.74, 6) is 1.20. The van der Waals surface area contributed by atoms with Crippen LogP contribution in [0.15, 0.2) is 46.0 Å². The third kappa shape index (κ3) is 5.66. The van der Waals surface area contributed by atoms with Crippen LogP contribution in [-0.2, 0) is 4.74 Å². The van der Waals surface area contributed by atoms with Crippen molar-refractivity contribution in [2.24, 2.45) is 5.10 Å². The molecule has 0 spiro atoms. The lowest BCUT2D eigenvalue weighted by molar-refractivity contribution is 0.122. The van der Waals surface area contributed by atoms with E-state index in [0.717, 1.165) is 15.7 Å². The number of rotatable bonds is 6. The molecule has 32 heavy (non-hydrogen) atoms. The Morgan fingerprint density at radius 3 is 2.50 bits per heavy atom. The molecule has 1 aliphatic rings. The number of hydrazone groups is 1. The zero-order valence-corrected chi connectivity index (χ0v) is 20.2. The number of ether oxygens (including phenoxy) is 1. The molecule has 2 N–H and O–H groups in total. The van der Waals surface area contributed by atoms with Gasteiger partial charge in [0.05, 0.1) is 35.2 Å². The van der Waals surface area contributed by atoms with E-state index in [-0.39, 0.29) is 5.95 Å². The molecule has 2 aromatic carbocycles. The SMILES string of the molecule is Cc1ccc(Nc2nc(N/N=C/c3c(Cl)cccc3Cl)nc(N3CCOCC3)n2)c(Br)c1. The first kappa shape index (κ1) is 22.7. The molecular formula is C21H20BrCl2N7O. The maximum Gasteiger partial charge on any atom is 0.250 e.